The summed E-state index contributed by atoms with van der Waals surface area (Å²) in [5.74, 6) is 0.0847. The van der Waals surface area contributed by atoms with E-state index in [0.29, 0.717) is 17.9 Å². The van der Waals surface area contributed by atoms with Gasteiger partial charge in [0.05, 0.1) is 12.0 Å². The number of nitrogens with zero attached hydrogens (tertiary/aromatic N) is 2. The Balaban J connectivity index is 2.14. The van der Waals surface area contributed by atoms with Gasteiger partial charge in [-0.15, -0.1) is 11.8 Å². The van der Waals surface area contributed by atoms with Crippen molar-refractivity contribution in [2.75, 3.05) is 40.0 Å². The first-order valence-corrected chi connectivity index (χ1v) is 9.77. The highest BCUT2D eigenvalue weighted by Crippen LogP contribution is 2.22. The molecule has 1 aromatic carbocycles. The quantitative estimate of drug-likeness (QED) is 0.722. The molecular formula is C15H20N2O5S2. The average Bonchev–Trinajstić information content (AvgIpc) is 2.60. The first kappa shape index (κ1) is 18.8. The van der Waals surface area contributed by atoms with Crippen LogP contribution in [-0.2, 0) is 19.6 Å². The molecular weight excluding hydrogens is 352 g/mol. The maximum atomic E-state index is 12.6. The van der Waals surface area contributed by atoms with Gasteiger partial charge in [-0.2, -0.15) is 0 Å². The summed E-state index contributed by atoms with van der Waals surface area (Å²) in [6.07, 6.45) is 0. The minimum Gasteiger partial charge on any atom is -0.468 e. The van der Waals surface area contributed by atoms with E-state index in [0.717, 1.165) is 4.31 Å². The first-order chi connectivity index (χ1) is 11.3. The van der Waals surface area contributed by atoms with Gasteiger partial charge < -0.3 is 9.64 Å². The fourth-order valence-corrected chi connectivity index (χ4v) is 4.30. The maximum Gasteiger partial charge on any atom is 0.320 e. The van der Waals surface area contributed by atoms with Crippen LogP contribution in [0.2, 0.25) is 0 Å². The van der Waals surface area contributed by atoms with E-state index in [4.69, 9.17) is 4.74 Å². The van der Waals surface area contributed by atoms with Crippen molar-refractivity contribution < 1.29 is 22.7 Å². The zero-order valence-corrected chi connectivity index (χ0v) is 15.4. The number of esters is 1. The molecule has 132 valence electrons. The molecule has 1 aliphatic heterocycles. The standard InChI is InChI=1S/C15H20N2O5S2/c1-16(2)24(20,21)12-6-4-11(5-7-12)14(18)17-8-9-23-13(10-17)15(19)22-3/h4-7,13H,8-10H2,1-3H3/t13-/m1/s1. The molecule has 0 aromatic heterocycles. The molecule has 7 nitrogen and oxygen atoms in total. The highest BCUT2D eigenvalue weighted by Gasteiger charge is 2.30. The van der Waals surface area contributed by atoms with E-state index < -0.39 is 10.0 Å². The molecule has 1 saturated heterocycles. The molecule has 0 radical (unpaired) electrons. The van der Waals surface area contributed by atoms with E-state index in [-0.39, 0.29) is 28.6 Å². The third-order valence-electron chi connectivity index (χ3n) is 3.70. The second kappa shape index (κ2) is 7.54. The maximum absolute atomic E-state index is 12.6. The van der Waals surface area contributed by atoms with Gasteiger partial charge >= 0.3 is 5.97 Å². The summed E-state index contributed by atoms with van der Waals surface area (Å²) < 4.78 is 29.9. The van der Waals surface area contributed by atoms with Crippen LogP contribution in [0.15, 0.2) is 29.2 Å². The molecule has 0 saturated carbocycles. The van der Waals surface area contributed by atoms with Crippen LogP contribution in [-0.4, -0.2) is 74.8 Å². The molecule has 1 aliphatic rings. The molecule has 0 aliphatic carbocycles. The SMILES string of the molecule is COC(=O)[C@H]1CN(C(=O)c2ccc(S(=O)(=O)N(C)C)cc2)CCS1. The highest BCUT2D eigenvalue weighted by atomic mass is 32.2. The van der Waals surface area contributed by atoms with E-state index in [1.165, 1.54) is 57.2 Å². The van der Waals surface area contributed by atoms with Crippen molar-refractivity contribution in [3.8, 4) is 0 Å². The largest absolute Gasteiger partial charge is 0.468 e. The van der Waals surface area contributed by atoms with Crippen LogP contribution in [0, 0.1) is 0 Å². The van der Waals surface area contributed by atoms with E-state index in [9.17, 15) is 18.0 Å². The van der Waals surface area contributed by atoms with Gasteiger partial charge in [-0.1, -0.05) is 0 Å². The minimum absolute atomic E-state index is 0.130. The zero-order chi connectivity index (χ0) is 17.9. The van der Waals surface area contributed by atoms with Crippen LogP contribution in [0.25, 0.3) is 0 Å². The summed E-state index contributed by atoms with van der Waals surface area (Å²) >= 11 is 1.47. The van der Waals surface area contributed by atoms with Gasteiger partial charge in [-0.05, 0) is 24.3 Å². The Labute approximate surface area is 146 Å². The van der Waals surface area contributed by atoms with Crippen LogP contribution in [0.5, 0.6) is 0 Å². The Morgan fingerprint density at radius 3 is 2.42 bits per heavy atom. The summed E-state index contributed by atoms with van der Waals surface area (Å²) in [5.41, 5.74) is 0.392. The lowest BCUT2D eigenvalue weighted by molar-refractivity contribution is -0.140. The minimum atomic E-state index is -3.52. The number of carbonyl (C=O) groups excluding carboxylic acids is 2. The molecule has 24 heavy (non-hydrogen) atoms. The van der Waals surface area contributed by atoms with Gasteiger partial charge in [0.2, 0.25) is 10.0 Å². The molecule has 9 heteroatoms. The number of hydrogen-bond donors (Lipinski definition) is 0. The van der Waals surface area contributed by atoms with Crippen LogP contribution < -0.4 is 0 Å². The smallest absolute Gasteiger partial charge is 0.320 e. The predicted molar refractivity (Wildman–Crippen MR) is 91.5 cm³/mol. The Hall–Kier alpha value is -1.58. The lowest BCUT2D eigenvalue weighted by Gasteiger charge is -2.31. The summed E-state index contributed by atoms with van der Waals surface area (Å²) in [5, 5.41) is -0.388. The summed E-state index contributed by atoms with van der Waals surface area (Å²) in [6, 6.07) is 5.82. The van der Waals surface area contributed by atoms with Crippen molar-refractivity contribution in [3.05, 3.63) is 29.8 Å². The number of thioether (sulfide) groups is 1. The number of sulfonamides is 1. The van der Waals surface area contributed by atoms with E-state index in [2.05, 4.69) is 0 Å². The molecule has 0 N–H and O–H groups in total. The number of ether oxygens (including phenoxy) is 1. The van der Waals surface area contributed by atoms with Gasteiger partial charge in [0, 0.05) is 38.5 Å². The lowest BCUT2D eigenvalue weighted by atomic mass is 10.2. The second-order valence-corrected chi connectivity index (χ2v) is 8.91. The molecule has 0 bridgehead atoms. The third-order valence-corrected chi connectivity index (χ3v) is 6.69. The summed E-state index contributed by atoms with van der Waals surface area (Å²) in [4.78, 5) is 25.9. The third kappa shape index (κ3) is 3.90. The van der Waals surface area contributed by atoms with Gasteiger partial charge in [0.15, 0.2) is 0 Å². The van der Waals surface area contributed by atoms with Crippen LogP contribution >= 0.6 is 11.8 Å². The van der Waals surface area contributed by atoms with Gasteiger partial charge in [0.25, 0.3) is 5.91 Å². The van der Waals surface area contributed by atoms with Crippen molar-refractivity contribution in [1.29, 1.82) is 0 Å². The lowest BCUT2D eigenvalue weighted by Crippen LogP contribution is -2.44. The van der Waals surface area contributed by atoms with Crippen LogP contribution in [0.4, 0.5) is 0 Å². The summed E-state index contributed by atoms with van der Waals surface area (Å²) in [7, 11) is 0.706. The molecule has 1 fully saturated rings. The fraction of sp³-hybridized carbons (Fsp3) is 0.467. The second-order valence-electron chi connectivity index (χ2n) is 5.45. The van der Waals surface area contributed by atoms with Crippen molar-refractivity contribution in [3.63, 3.8) is 0 Å². The van der Waals surface area contributed by atoms with Gasteiger partial charge in [-0.3, -0.25) is 9.59 Å². The van der Waals surface area contributed by atoms with Crippen molar-refractivity contribution in [2.45, 2.75) is 10.1 Å². The van der Waals surface area contributed by atoms with Crippen molar-refractivity contribution >= 4 is 33.7 Å². The molecule has 0 unspecified atom stereocenters. The Kier molecular flexibility index (Phi) is 5.89. The van der Waals surface area contributed by atoms with E-state index in [1.54, 1.807) is 4.90 Å². The normalized spacial score (nSPS) is 18.5. The number of rotatable bonds is 4. The molecule has 0 spiro atoms. The van der Waals surface area contributed by atoms with Crippen molar-refractivity contribution in [1.82, 2.24) is 9.21 Å². The molecule has 1 atom stereocenters. The number of hydrogen-bond acceptors (Lipinski definition) is 6. The van der Waals surface area contributed by atoms with E-state index in [1.807, 2.05) is 0 Å². The molecule has 1 amide bonds. The highest BCUT2D eigenvalue weighted by molar-refractivity contribution is 8.00. The van der Waals surface area contributed by atoms with Crippen LogP contribution in [0.3, 0.4) is 0 Å². The Bertz CT molecular complexity index is 716. The summed E-state index contributed by atoms with van der Waals surface area (Å²) in [6.45, 7) is 0.822. The number of carbonyl (C=O) groups is 2. The number of methoxy groups -OCH3 is 1. The van der Waals surface area contributed by atoms with Crippen molar-refractivity contribution in [2.24, 2.45) is 0 Å². The molecule has 2 rings (SSSR count). The Morgan fingerprint density at radius 2 is 1.88 bits per heavy atom. The topological polar surface area (TPSA) is 84.0 Å². The average molecular weight is 372 g/mol. The first-order valence-electron chi connectivity index (χ1n) is 7.28. The number of amides is 1. The fourth-order valence-electron chi connectivity index (χ4n) is 2.27. The van der Waals surface area contributed by atoms with Gasteiger partial charge in [-0.25, -0.2) is 12.7 Å². The van der Waals surface area contributed by atoms with Crippen LogP contribution in [0.1, 0.15) is 10.4 Å². The number of benzene rings is 1. The molecule has 1 heterocycles. The zero-order valence-electron chi connectivity index (χ0n) is 13.8. The molecule has 1 aromatic rings. The van der Waals surface area contributed by atoms with E-state index >= 15 is 0 Å². The monoisotopic (exact) mass is 372 g/mol. The predicted octanol–water partition coefficient (Wildman–Crippen LogP) is 0.668. The Morgan fingerprint density at radius 1 is 1.25 bits per heavy atom. The van der Waals surface area contributed by atoms with Gasteiger partial charge in [0.1, 0.15) is 5.25 Å².